The number of fused-ring (bicyclic) bond motifs is 1. The highest BCUT2D eigenvalue weighted by atomic mass is 16.5. The van der Waals surface area contributed by atoms with Gasteiger partial charge in [-0.15, -0.1) is 0 Å². The van der Waals surface area contributed by atoms with Crippen LogP contribution in [0, 0.1) is 5.92 Å². The van der Waals surface area contributed by atoms with Crippen LogP contribution in [0.4, 0.5) is 0 Å². The van der Waals surface area contributed by atoms with E-state index in [0.29, 0.717) is 0 Å². The molecule has 0 unspecified atom stereocenters. The second-order valence-electron chi connectivity index (χ2n) is 7.09. The van der Waals surface area contributed by atoms with Crippen molar-refractivity contribution < 1.29 is 34.4 Å². The van der Waals surface area contributed by atoms with E-state index < -0.39 is 30.1 Å². The zero-order chi connectivity index (χ0) is 23.0. The molecule has 0 fully saturated rings. The predicted octanol–water partition coefficient (Wildman–Crippen LogP) is 2.53. The van der Waals surface area contributed by atoms with Gasteiger partial charge in [0.05, 0.1) is 19.3 Å². The largest absolute Gasteiger partial charge is 0.507 e. The van der Waals surface area contributed by atoms with E-state index in [9.17, 15) is 24.9 Å². The second-order valence-corrected chi connectivity index (χ2v) is 7.09. The van der Waals surface area contributed by atoms with Crippen molar-refractivity contribution in [3.05, 3.63) is 51.9 Å². The van der Waals surface area contributed by atoms with Crippen molar-refractivity contribution in [3.63, 3.8) is 0 Å². The molecule has 0 amide bonds. The topological polar surface area (TPSA) is 162 Å². The summed E-state index contributed by atoms with van der Waals surface area (Å²) >= 11 is 0. The van der Waals surface area contributed by atoms with Crippen molar-refractivity contribution in [2.45, 2.75) is 38.6 Å². The SMILES string of the molecule is C[C@@H]1/C=C\C(=O)[C@@H](O)[C@@H](O)C/C=C/c2cc(OCCN=[N+]=[N-])cc(O)c2C(=O)O[C@H]1C. The Bertz CT molecular complexity index is 922. The second kappa shape index (κ2) is 11.2. The first-order valence-corrected chi connectivity index (χ1v) is 9.71. The van der Waals surface area contributed by atoms with Crippen LogP contribution in [0.3, 0.4) is 0 Å². The third kappa shape index (κ3) is 6.58. The molecule has 1 aliphatic heterocycles. The van der Waals surface area contributed by atoms with Crippen LogP contribution < -0.4 is 4.74 Å². The molecule has 0 aliphatic carbocycles. The number of ether oxygens (including phenoxy) is 2. The van der Waals surface area contributed by atoms with E-state index in [1.165, 1.54) is 30.4 Å². The van der Waals surface area contributed by atoms with Crippen molar-refractivity contribution in [2.75, 3.05) is 13.2 Å². The molecule has 4 atom stereocenters. The van der Waals surface area contributed by atoms with E-state index >= 15 is 0 Å². The Morgan fingerprint density at radius 2 is 2.00 bits per heavy atom. The maximum atomic E-state index is 12.8. The van der Waals surface area contributed by atoms with Gasteiger partial charge >= 0.3 is 5.97 Å². The Morgan fingerprint density at radius 3 is 2.71 bits per heavy atom. The molecule has 10 nitrogen and oxygen atoms in total. The molecule has 0 bridgehead atoms. The van der Waals surface area contributed by atoms with E-state index in [4.69, 9.17) is 15.0 Å². The fourth-order valence-corrected chi connectivity index (χ4v) is 2.80. The molecule has 10 heteroatoms. The fourth-order valence-electron chi connectivity index (χ4n) is 2.80. The van der Waals surface area contributed by atoms with Gasteiger partial charge in [-0.2, -0.15) is 0 Å². The van der Waals surface area contributed by atoms with Gasteiger partial charge in [0.15, 0.2) is 5.78 Å². The molecule has 3 N–H and O–H groups in total. The number of phenols is 1. The third-order valence-corrected chi connectivity index (χ3v) is 4.78. The number of aromatic hydroxyl groups is 1. The monoisotopic (exact) mass is 431 g/mol. The summed E-state index contributed by atoms with van der Waals surface area (Å²) in [6.07, 6.45) is 1.88. The highest BCUT2D eigenvalue weighted by molar-refractivity contribution is 5.97. The van der Waals surface area contributed by atoms with Crippen LogP contribution in [-0.4, -0.2) is 58.5 Å². The molecule has 1 aromatic carbocycles. The summed E-state index contributed by atoms with van der Waals surface area (Å²) < 4.78 is 10.9. The summed E-state index contributed by atoms with van der Waals surface area (Å²) in [5.41, 5.74) is 8.48. The minimum atomic E-state index is -1.60. The van der Waals surface area contributed by atoms with Crippen molar-refractivity contribution >= 4 is 17.8 Å². The van der Waals surface area contributed by atoms with Crippen LogP contribution in [0.15, 0.2) is 35.5 Å². The zero-order valence-electron chi connectivity index (χ0n) is 17.2. The van der Waals surface area contributed by atoms with Crippen LogP contribution in [0.1, 0.15) is 36.2 Å². The predicted molar refractivity (Wildman–Crippen MR) is 111 cm³/mol. The van der Waals surface area contributed by atoms with E-state index in [-0.39, 0.29) is 48.1 Å². The molecule has 0 saturated heterocycles. The number of carbonyl (C=O) groups excluding carboxylic acids is 2. The summed E-state index contributed by atoms with van der Waals surface area (Å²) in [5, 5.41) is 33.9. The molecule has 1 aliphatic rings. The number of aliphatic hydroxyl groups is 2. The summed E-state index contributed by atoms with van der Waals surface area (Å²) in [6.45, 7) is 3.49. The van der Waals surface area contributed by atoms with Crippen LogP contribution in [0.5, 0.6) is 11.5 Å². The van der Waals surface area contributed by atoms with Gasteiger partial charge in [-0.05, 0) is 36.6 Å². The van der Waals surface area contributed by atoms with Gasteiger partial charge in [0.2, 0.25) is 0 Å². The molecule has 0 radical (unpaired) electrons. The molecule has 1 aromatic rings. The number of nitrogens with zero attached hydrogens (tertiary/aromatic N) is 3. The fraction of sp³-hybridized carbons (Fsp3) is 0.429. The summed E-state index contributed by atoms with van der Waals surface area (Å²) in [5.74, 6) is -1.94. The molecule has 31 heavy (non-hydrogen) atoms. The van der Waals surface area contributed by atoms with Gasteiger partial charge in [-0.25, -0.2) is 4.79 Å². The van der Waals surface area contributed by atoms with Gasteiger partial charge in [0.1, 0.15) is 29.3 Å². The Hall–Kier alpha value is -3.33. The third-order valence-electron chi connectivity index (χ3n) is 4.78. The summed E-state index contributed by atoms with van der Waals surface area (Å²) in [6, 6.07) is 2.73. The number of aliphatic hydroxyl groups excluding tert-OH is 2. The Morgan fingerprint density at radius 1 is 1.26 bits per heavy atom. The smallest absolute Gasteiger partial charge is 0.342 e. The highest BCUT2D eigenvalue weighted by Gasteiger charge is 2.25. The molecule has 0 aromatic heterocycles. The first kappa shape index (κ1) is 23.9. The van der Waals surface area contributed by atoms with Crippen LogP contribution in [0.25, 0.3) is 16.5 Å². The summed E-state index contributed by atoms with van der Waals surface area (Å²) in [7, 11) is 0. The van der Waals surface area contributed by atoms with Crippen molar-refractivity contribution in [1.29, 1.82) is 0 Å². The van der Waals surface area contributed by atoms with Gasteiger partial charge in [-0.1, -0.05) is 30.3 Å². The molecular formula is C21H25N3O7. The lowest BCUT2D eigenvalue weighted by Crippen LogP contribution is -2.32. The highest BCUT2D eigenvalue weighted by Crippen LogP contribution is 2.31. The number of ketones is 1. The molecule has 166 valence electrons. The molecule has 2 rings (SSSR count). The van der Waals surface area contributed by atoms with Gasteiger partial charge in [-0.3, -0.25) is 4.79 Å². The van der Waals surface area contributed by atoms with Crippen molar-refractivity contribution in [2.24, 2.45) is 11.0 Å². The Kier molecular flexibility index (Phi) is 8.63. The standard InChI is InChI=1S/C21H25N3O7/c1-12-6-7-17(26)20(28)16(25)5-3-4-14-10-15(30-9-8-23-24-22)11-18(27)19(14)21(29)31-13(12)2/h3-4,6-7,10-13,16,20,25,27-28H,5,8-9H2,1-2H3/b4-3+,7-6-/t12-,13+,16+,20+/m1/s1. The van der Waals surface area contributed by atoms with Crippen LogP contribution in [0.2, 0.25) is 0 Å². The van der Waals surface area contributed by atoms with E-state index in [2.05, 4.69) is 10.0 Å². The molecule has 1 heterocycles. The van der Waals surface area contributed by atoms with Gasteiger partial charge in [0, 0.05) is 16.9 Å². The van der Waals surface area contributed by atoms with E-state index in [1.54, 1.807) is 13.8 Å². The number of benzene rings is 1. The van der Waals surface area contributed by atoms with E-state index in [0.717, 1.165) is 6.08 Å². The minimum Gasteiger partial charge on any atom is -0.507 e. The number of cyclic esters (lactones) is 1. The number of rotatable bonds is 4. The number of azide groups is 1. The van der Waals surface area contributed by atoms with Crippen molar-refractivity contribution in [1.82, 2.24) is 0 Å². The lowest BCUT2D eigenvalue weighted by atomic mass is 9.99. The number of hydrogen-bond acceptors (Lipinski definition) is 8. The normalized spacial score (nSPS) is 26.6. The maximum Gasteiger partial charge on any atom is 0.342 e. The lowest BCUT2D eigenvalue weighted by Gasteiger charge is -2.20. The average molecular weight is 431 g/mol. The van der Waals surface area contributed by atoms with Gasteiger partial charge in [0.25, 0.3) is 0 Å². The lowest BCUT2D eigenvalue weighted by molar-refractivity contribution is -0.127. The quantitative estimate of drug-likeness (QED) is 0.217. The molecular weight excluding hydrogens is 406 g/mol. The Labute approximate surface area is 179 Å². The number of esters is 1. The van der Waals surface area contributed by atoms with Crippen molar-refractivity contribution in [3.8, 4) is 11.5 Å². The summed E-state index contributed by atoms with van der Waals surface area (Å²) in [4.78, 5) is 27.4. The van der Waals surface area contributed by atoms with E-state index in [1.807, 2.05) is 0 Å². The minimum absolute atomic E-state index is 0.0599. The first-order chi connectivity index (χ1) is 14.7. The van der Waals surface area contributed by atoms with Crippen LogP contribution in [-0.2, 0) is 9.53 Å². The number of hydrogen-bond donors (Lipinski definition) is 3. The number of phenolic OH excluding ortho intramolecular Hbond substituents is 1. The van der Waals surface area contributed by atoms with Gasteiger partial charge < -0.3 is 24.8 Å². The number of carbonyl (C=O) groups is 2. The first-order valence-electron chi connectivity index (χ1n) is 9.71. The molecule has 0 saturated carbocycles. The molecule has 0 spiro atoms. The average Bonchev–Trinajstić information content (AvgIpc) is 2.73. The zero-order valence-corrected chi connectivity index (χ0v) is 17.2. The maximum absolute atomic E-state index is 12.8. The Balaban J connectivity index is 2.43. The van der Waals surface area contributed by atoms with Crippen LogP contribution >= 0.6 is 0 Å².